The minimum atomic E-state index is -0.515. The van der Waals surface area contributed by atoms with E-state index >= 15 is 0 Å². The number of nitrogens with one attached hydrogen (secondary N) is 1. The first-order valence-corrected chi connectivity index (χ1v) is 13.1. The van der Waals surface area contributed by atoms with Gasteiger partial charge in [0.15, 0.2) is 0 Å². The van der Waals surface area contributed by atoms with Crippen LogP contribution in [0.3, 0.4) is 0 Å². The average molecular weight is 573 g/mol. The van der Waals surface area contributed by atoms with Crippen molar-refractivity contribution in [1.82, 2.24) is 4.90 Å². The number of nitrogens with zero attached hydrogens (tertiary/aromatic N) is 1. The summed E-state index contributed by atoms with van der Waals surface area (Å²) in [5.74, 6) is -0.382. The lowest BCUT2D eigenvalue weighted by molar-refractivity contribution is -0.127. The van der Waals surface area contributed by atoms with Gasteiger partial charge in [0.25, 0.3) is 11.1 Å². The van der Waals surface area contributed by atoms with E-state index in [0.29, 0.717) is 28.1 Å². The topological polar surface area (TPSA) is 75.7 Å². The molecule has 0 saturated carbocycles. The van der Waals surface area contributed by atoms with Gasteiger partial charge in [-0.15, -0.1) is 0 Å². The van der Waals surface area contributed by atoms with Crippen molar-refractivity contribution in [2.75, 3.05) is 11.9 Å². The fourth-order valence-electron chi connectivity index (χ4n) is 3.95. The standard InChI is InChI=1S/C29H21BrN2O4S/c30-23-12-6-7-13-24(23)31-27(33)17-32-28(34)26(37-29(32)35)16-22-21-11-5-4-10-20(21)14-15-25(22)36-18-19-8-2-1-3-9-19/h1-16H,17-18H2,(H,31,33)/b26-16+. The number of carbonyl (C=O) groups is 3. The van der Waals surface area contributed by atoms with E-state index in [4.69, 9.17) is 4.74 Å². The number of carbonyl (C=O) groups excluding carboxylic acids is 3. The number of thioether (sulfide) groups is 1. The first-order valence-electron chi connectivity index (χ1n) is 11.5. The third kappa shape index (κ3) is 5.60. The van der Waals surface area contributed by atoms with Crippen LogP contribution in [0.2, 0.25) is 0 Å². The third-order valence-electron chi connectivity index (χ3n) is 5.77. The fourth-order valence-corrected chi connectivity index (χ4v) is 5.15. The van der Waals surface area contributed by atoms with Gasteiger partial charge in [-0.1, -0.05) is 72.8 Å². The highest BCUT2D eigenvalue weighted by Crippen LogP contribution is 2.37. The predicted molar refractivity (Wildman–Crippen MR) is 150 cm³/mol. The summed E-state index contributed by atoms with van der Waals surface area (Å²) in [4.78, 5) is 39.7. The Hall–Kier alpha value is -3.88. The van der Waals surface area contributed by atoms with Crippen molar-refractivity contribution in [3.63, 3.8) is 0 Å². The number of anilines is 1. The quantitative estimate of drug-likeness (QED) is 0.245. The van der Waals surface area contributed by atoms with Gasteiger partial charge in [-0.3, -0.25) is 19.3 Å². The third-order valence-corrected chi connectivity index (χ3v) is 7.37. The summed E-state index contributed by atoms with van der Waals surface area (Å²) in [5.41, 5.74) is 2.28. The molecule has 5 rings (SSSR count). The predicted octanol–water partition coefficient (Wildman–Crippen LogP) is 6.86. The second-order valence-electron chi connectivity index (χ2n) is 8.27. The van der Waals surface area contributed by atoms with Gasteiger partial charge in [0.2, 0.25) is 5.91 Å². The van der Waals surface area contributed by atoms with Crippen LogP contribution in [0.25, 0.3) is 16.8 Å². The van der Waals surface area contributed by atoms with Gasteiger partial charge >= 0.3 is 0 Å². The number of fused-ring (bicyclic) bond motifs is 1. The van der Waals surface area contributed by atoms with E-state index in [2.05, 4.69) is 21.2 Å². The van der Waals surface area contributed by atoms with E-state index in [0.717, 1.165) is 33.0 Å². The molecule has 37 heavy (non-hydrogen) atoms. The van der Waals surface area contributed by atoms with Crippen LogP contribution in [-0.4, -0.2) is 28.5 Å². The van der Waals surface area contributed by atoms with Crippen LogP contribution in [0.5, 0.6) is 5.75 Å². The summed E-state index contributed by atoms with van der Waals surface area (Å²) in [6, 6.07) is 28.5. The number of imide groups is 1. The summed E-state index contributed by atoms with van der Waals surface area (Å²) in [6.45, 7) is -0.0209. The lowest BCUT2D eigenvalue weighted by Crippen LogP contribution is -2.36. The van der Waals surface area contributed by atoms with Gasteiger partial charge in [-0.25, -0.2) is 0 Å². The molecule has 184 valence electrons. The summed E-state index contributed by atoms with van der Waals surface area (Å²) in [5, 5.41) is 4.11. The Morgan fingerprint density at radius 1 is 0.919 bits per heavy atom. The number of rotatable bonds is 7. The van der Waals surface area contributed by atoms with Crippen LogP contribution < -0.4 is 10.1 Å². The van der Waals surface area contributed by atoms with E-state index in [1.807, 2.05) is 72.8 Å². The zero-order valence-corrected chi connectivity index (χ0v) is 21.9. The summed E-state index contributed by atoms with van der Waals surface area (Å²) in [6.07, 6.45) is 1.68. The van der Waals surface area contributed by atoms with Crippen LogP contribution >= 0.6 is 27.7 Å². The summed E-state index contributed by atoms with van der Waals surface area (Å²) >= 11 is 4.19. The SMILES string of the molecule is O=C(CN1C(=O)S/C(=C/c2c(OCc3ccccc3)ccc3ccccc23)C1=O)Nc1ccccc1Br. The molecule has 3 amide bonds. The highest BCUT2D eigenvalue weighted by molar-refractivity contribution is 9.10. The molecule has 1 saturated heterocycles. The molecule has 6 nitrogen and oxygen atoms in total. The monoisotopic (exact) mass is 572 g/mol. The van der Waals surface area contributed by atoms with Crippen LogP contribution in [0.15, 0.2) is 100 Å². The van der Waals surface area contributed by atoms with Gasteiger partial charge in [0.1, 0.15) is 18.9 Å². The van der Waals surface area contributed by atoms with Crippen molar-refractivity contribution >= 4 is 67.3 Å². The Kier molecular flexibility index (Phi) is 7.39. The lowest BCUT2D eigenvalue weighted by Gasteiger charge is -2.14. The number of hydrogen-bond acceptors (Lipinski definition) is 5. The largest absolute Gasteiger partial charge is 0.488 e. The smallest absolute Gasteiger partial charge is 0.294 e. The van der Waals surface area contributed by atoms with E-state index in [9.17, 15) is 14.4 Å². The highest BCUT2D eigenvalue weighted by atomic mass is 79.9. The molecule has 1 fully saturated rings. The van der Waals surface area contributed by atoms with E-state index in [1.54, 1.807) is 24.3 Å². The maximum absolute atomic E-state index is 13.2. The first-order chi connectivity index (χ1) is 18.0. The van der Waals surface area contributed by atoms with Gasteiger partial charge in [-0.05, 0) is 68.3 Å². The molecule has 1 heterocycles. The molecule has 8 heteroatoms. The van der Waals surface area contributed by atoms with Crippen molar-refractivity contribution in [2.45, 2.75) is 6.61 Å². The molecule has 1 aliphatic heterocycles. The van der Waals surface area contributed by atoms with Crippen LogP contribution in [0, 0.1) is 0 Å². The Labute approximate surface area is 226 Å². The number of para-hydroxylation sites is 1. The Balaban J connectivity index is 1.40. The van der Waals surface area contributed by atoms with Crippen LogP contribution in [-0.2, 0) is 16.2 Å². The molecular formula is C29H21BrN2O4S. The van der Waals surface area contributed by atoms with Crippen molar-refractivity contribution in [3.8, 4) is 5.75 Å². The molecule has 4 aromatic rings. The normalized spacial score (nSPS) is 14.4. The maximum atomic E-state index is 13.2. The minimum Gasteiger partial charge on any atom is -0.488 e. The zero-order valence-electron chi connectivity index (χ0n) is 19.5. The summed E-state index contributed by atoms with van der Waals surface area (Å²) in [7, 11) is 0. The molecule has 0 aliphatic carbocycles. The first kappa shape index (κ1) is 24.8. The molecule has 0 aromatic heterocycles. The molecule has 0 atom stereocenters. The van der Waals surface area contributed by atoms with Crippen molar-refractivity contribution in [3.05, 3.63) is 112 Å². The van der Waals surface area contributed by atoms with E-state index in [1.165, 1.54) is 0 Å². The Bertz CT molecular complexity index is 1540. The van der Waals surface area contributed by atoms with Crippen LogP contribution in [0.4, 0.5) is 10.5 Å². The number of hydrogen-bond donors (Lipinski definition) is 1. The average Bonchev–Trinajstić information content (AvgIpc) is 3.17. The number of amides is 3. The lowest BCUT2D eigenvalue weighted by atomic mass is 10.0. The molecule has 1 N–H and O–H groups in total. The van der Waals surface area contributed by atoms with Crippen LogP contribution in [0.1, 0.15) is 11.1 Å². The maximum Gasteiger partial charge on any atom is 0.294 e. The number of benzene rings is 4. The number of ether oxygens (including phenoxy) is 1. The second kappa shape index (κ2) is 11.0. The minimum absolute atomic E-state index is 0.236. The Morgan fingerprint density at radius 2 is 1.65 bits per heavy atom. The van der Waals surface area contributed by atoms with E-state index in [-0.39, 0.29) is 11.4 Å². The van der Waals surface area contributed by atoms with Crippen molar-refractivity contribution in [1.29, 1.82) is 0 Å². The van der Waals surface area contributed by atoms with Crippen molar-refractivity contribution in [2.24, 2.45) is 0 Å². The molecule has 0 radical (unpaired) electrons. The molecule has 0 spiro atoms. The molecular weight excluding hydrogens is 552 g/mol. The van der Waals surface area contributed by atoms with Gasteiger partial charge in [0.05, 0.1) is 10.6 Å². The molecule has 4 aromatic carbocycles. The Morgan fingerprint density at radius 3 is 2.46 bits per heavy atom. The summed E-state index contributed by atoms with van der Waals surface area (Å²) < 4.78 is 6.85. The van der Waals surface area contributed by atoms with E-state index < -0.39 is 17.1 Å². The molecule has 0 bridgehead atoms. The number of halogens is 1. The fraction of sp³-hybridized carbons (Fsp3) is 0.0690. The van der Waals surface area contributed by atoms with Gasteiger partial charge in [-0.2, -0.15) is 0 Å². The zero-order chi connectivity index (χ0) is 25.8. The van der Waals surface area contributed by atoms with Gasteiger partial charge in [0, 0.05) is 10.0 Å². The van der Waals surface area contributed by atoms with Gasteiger partial charge < -0.3 is 10.1 Å². The highest BCUT2D eigenvalue weighted by Gasteiger charge is 2.36. The molecule has 1 aliphatic rings. The van der Waals surface area contributed by atoms with Crippen molar-refractivity contribution < 1.29 is 19.1 Å². The second-order valence-corrected chi connectivity index (χ2v) is 10.1. The molecule has 0 unspecified atom stereocenters.